The highest BCUT2D eigenvalue weighted by molar-refractivity contribution is 6.30. The van der Waals surface area contributed by atoms with Gasteiger partial charge in [0, 0.05) is 43.9 Å². The van der Waals surface area contributed by atoms with Crippen molar-refractivity contribution < 1.29 is 14.3 Å². The lowest BCUT2D eigenvalue weighted by molar-refractivity contribution is -0.136. The number of ether oxygens (including phenoxy) is 1. The molecule has 6 heteroatoms. The summed E-state index contributed by atoms with van der Waals surface area (Å²) in [5.74, 6) is -0.0768. The van der Waals surface area contributed by atoms with Gasteiger partial charge in [0.05, 0.1) is 12.5 Å². The standard InChI is InChI=1S/C17H23ClN2O3/c1-13(12-23-2)16(21)19-8-3-9-20(11-10-19)17(22)14-4-6-15(18)7-5-14/h4-7,13H,3,8-12H2,1-2H3/t13-/m0/s1. The first-order chi connectivity index (χ1) is 11.0. The first-order valence-electron chi connectivity index (χ1n) is 7.85. The Bertz CT molecular complexity index is 547. The van der Waals surface area contributed by atoms with E-state index in [1.165, 1.54) is 0 Å². The molecule has 0 saturated carbocycles. The molecule has 1 heterocycles. The molecule has 1 aromatic carbocycles. The molecule has 2 rings (SSSR count). The second-order valence-corrected chi connectivity index (χ2v) is 6.27. The van der Waals surface area contributed by atoms with Crippen LogP contribution in [0.15, 0.2) is 24.3 Å². The van der Waals surface area contributed by atoms with Gasteiger partial charge in [-0.2, -0.15) is 0 Å². The summed E-state index contributed by atoms with van der Waals surface area (Å²) in [5, 5.41) is 0.612. The van der Waals surface area contributed by atoms with Gasteiger partial charge in [-0.05, 0) is 30.7 Å². The fourth-order valence-corrected chi connectivity index (χ4v) is 2.87. The monoisotopic (exact) mass is 338 g/mol. The van der Waals surface area contributed by atoms with E-state index in [1.54, 1.807) is 36.3 Å². The molecular formula is C17H23ClN2O3. The first kappa shape index (κ1) is 17.8. The Morgan fingerprint density at radius 2 is 1.74 bits per heavy atom. The van der Waals surface area contributed by atoms with Gasteiger partial charge in [0.25, 0.3) is 5.91 Å². The quantitative estimate of drug-likeness (QED) is 0.846. The van der Waals surface area contributed by atoms with E-state index in [1.807, 2.05) is 11.8 Å². The Labute approximate surface area is 142 Å². The lowest BCUT2D eigenvalue weighted by Gasteiger charge is -2.24. The average molecular weight is 339 g/mol. The van der Waals surface area contributed by atoms with Crippen molar-refractivity contribution in [2.24, 2.45) is 5.92 Å². The third-order valence-corrected chi connectivity index (χ3v) is 4.28. The summed E-state index contributed by atoms with van der Waals surface area (Å²) >= 11 is 5.86. The number of amides is 2. The van der Waals surface area contributed by atoms with Crippen LogP contribution in [-0.2, 0) is 9.53 Å². The SMILES string of the molecule is COC[C@H](C)C(=O)N1CCCN(C(=O)c2ccc(Cl)cc2)CC1. The van der Waals surface area contributed by atoms with Gasteiger partial charge < -0.3 is 14.5 Å². The number of methoxy groups -OCH3 is 1. The molecule has 1 aromatic rings. The van der Waals surface area contributed by atoms with Crippen LogP contribution < -0.4 is 0 Å². The summed E-state index contributed by atoms with van der Waals surface area (Å²) in [6.45, 7) is 4.73. The Morgan fingerprint density at radius 1 is 1.13 bits per heavy atom. The van der Waals surface area contributed by atoms with Crippen LogP contribution in [0.25, 0.3) is 0 Å². The van der Waals surface area contributed by atoms with Crippen LogP contribution in [0.3, 0.4) is 0 Å². The fraction of sp³-hybridized carbons (Fsp3) is 0.529. The van der Waals surface area contributed by atoms with Gasteiger partial charge in [-0.3, -0.25) is 9.59 Å². The molecular weight excluding hydrogens is 316 g/mol. The van der Waals surface area contributed by atoms with Crippen molar-refractivity contribution >= 4 is 23.4 Å². The van der Waals surface area contributed by atoms with E-state index in [0.29, 0.717) is 43.4 Å². The molecule has 1 fully saturated rings. The van der Waals surface area contributed by atoms with Crippen molar-refractivity contribution in [3.05, 3.63) is 34.9 Å². The van der Waals surface area contributed by atoms with Crippen molar-refractivity contribution in [1.82, 2.24) is 9.80 Å². The van der Waals surface area contributed by atoms with E-state index >= 15 is 0 Å². The molecule has 5 nitrogen and oxygen atoms in total. The molecule has 2 amide bonds. The van der Waals surface area contributed by atoms with Crippen molar-refractivity contribution in [2.75, 3.05) is 39.9 Å². The zero-order valence-corrected chi connectivity index (χ0v) is 14.4. The number of benzene rings is 1. The maximum absolute atomic E-state index is 12.5. The third-order valence-electron chi connectivity index (χ3n) is 4.02. The highest BCUT2D eigenvalue weighted by Crippen LogP contribution is 2.14. The smallest absolute Gasteiger partial charge is 0.253 e. The minimum atomic E-state index is -0.154. The highest BCUT2D eigenvalue weighted by atomic mass is 35.5. The van der Waals surface area contributed by atoms with E-state index in [4.69, 9.17) is 16.3 Å². The Balaban J connectivity index is 1.96. The maximum Gasteiger partial charge on any atom is 0.253 e. The minimum Gasteiger partial charge on any atom is -0.384 e. The highest BCUT2D eigenvalue weighted by Gasteiger charge is 2.25. The van der Waals surface area contributed by atoms with Crippen molar-refractivity contribution in [1.29, 1.82) is 0 Å². The number of hydrogen-bond acceptors (Lipinski definition) is 3. The van der Waals surface area contributed by atoms with E-state index < -0.39 is 0 Å². The van der Waals surface area contributed by atoms with Crippen molar-refractivity contribution in [2.45, 2.75) is 13.3 Å². The lowest BCUT2D eigenvalue weighted by Crippen LogP contribution is -2.40. The molecule has 126 valence electrons. The van der Waals surface area contributed by atoms with Crippen molar-refractivity contribution in [3.8, 4) is 0 Å². The molecule has 1 aliphatic rings. The summed E-state index contributed by atoms with van der Waals surface area (Å²) in [5.41, 5.74) is 0.627. The zero-order valence-electron chi connectivity index (χ0n) is 13.6. The van der Waals surface area contributed by atoms with Gasteiger partial charge in [0.1, 0.15) is 0 Å². The van der Waals surface area contributed by atoms with Gasteiger partial charge >= 0.3 is 0 Å². The minimum absolute atomic E-state index is 0.0131. The number of rotatable bonds is 4. The largest absolute Gasteiger partial charge is 0.384 e. The van der Waals surface area contributed by atoms with E-state index in [2.05, 4.69) is 0 Å². The van der Waals surface area contributed by atoms with Gasteiger partial charge in [0.15, 0.2) is 0 Å². The molecule has 0 unspecified atom stereocenters. The first-order valence-corrected chi connectivity index (χ1v) is 8.23. The Kier molecular flexibility index (Phi) is 6.42. The molecule has 0 aromatic heterocycles. The van der Waals surface area contributed by atoms with E-state index in [9.17, 15) is 9.59 Å². The van der Waals surface area contributed by atoms with Crippen LogP contribution in [0.5, 0.6) is 0 Å². The van der Waals surface area contributed by atoms with Gasteiger partial charge in [-0.15, -0.1) is 0 Å². The molecule has 0 N–H and O–H groups in total. The second kappa shape index (κ2) is 8.31. The predicted octanol–water partition coefficient (Wildman–Crippen LogP) is 2.30. The molecule has 23 heavy (non-hydrogen) atoms. The number of nitrogens with zero attached hydrogens (tertiary/aromatic N) is 2. The molecule has 0 radical (unpaired) electrons. The molecule has 1 saturated heterocycles. The maximum atomic E-state index is 12.5. The lowest BCUT2D eigenvalue weighted by atomic mass is 10.1. The summed E-state index contributed by atoms with van der Waals surface area (Å²) in [6.07, 6.45) is 0.783. The van der Waals surface area contributed by atoms with Crippen LogP contribution in [0.4, 0.5) is 0 Å². The normalized spacial score (nSPS) is 16.8. The number of halogens is 1. The fourth-order valence-electron chi connectivity index (χ4n) is 2.75. The number of hydrogen-bond donors (Lipinski definition) is 0. The van der Waals surface area contributed by atoms with Gasteiger partial charge in [-0.1, -0.05) is 18.5 Å². The summed E-state index contributed by atoms with van der Waals surface area (Å²) in [7, 11) is 1.60. The summed E-state index contributed by atoms with van der Waals surface area (Å²) in [6, 6.07) is 6.90. The van der Waals surface area contributed by atoms with Crippen LogP contribution in [0.2, 0.25) is 5.02 Å². The second-order valence-electron chi connectivity index (χ2n) is 5.83. The molecule has 0 spiro atoms. The number of carbonyl (C=O) groups is 2. The van der Waals surface area contributed by atoms with Crippen LogP contribution in [0, 0.1) is 5.92 Å². The zero-order chi connectivity index (χ0) is 16.8. The topological polar surface area (TPSA) is 49.9 Å². The Morgan fingerprint density at radius 3 is 2.39 bits per heavy atom. The molecule has 0 bridgehead atoms. The Hall–Kier alpha value is -1.59. The van der Waals surface area contributed by atoms with Crippen LogP contribution in [0.1, 0.15) is 23.7 Å². The summed E-state index contributed by atoms with van der Waals surface area (Å²) in [4.78, 5) is 28.5. The number of carbonyl (C=O) groups excluding carboxylic acids is 2. The molecule has 0 aliphatic carbocycles. The molecule has 1 atom stereocenters. The van der Waals surface area contributed by atoms with Crippen LogP contribution in [-0.4, -0.2) is 61.5 Å². The van der Waals surface area contributed by atoms with Crippen molar-refractivity contribution in [3.63, 3.8) is 0 Å². The molecule has 1 aliphatic heterocycles. The summed E-state index contributed by atoms with van der Waals surface area (Å²) < 4.78 is 5.05. The predicted molar refractivity (Wildman–Crippen MR) is 89.6 cm³/mol. The average Bonchev–Trinajstić information content (AvgIpc) is 2.80. The van der Waals surface area contributed by atoms with Gasteiger partial charge in [-0.25, -0.2) is 0 Å². The van der Waals surface area contributed by atoms with E-state index in [0.717, 1.165) is 6.42 Å². The third kappa shape index (κ3) is 4.69. The van der Waals surface area contributed by atoms with Gasteiger partial charge in [0.2, 0.25) is 5.91 Å². The van der Waals surface area contributed by atoms with Crippen LogP contribution >= 0.6 is 11.6 Å². The van der Waals surface area contributed by atoms with E-state index in [-0.39, 0.29) is 17.7 Å².